The molecule has 1 atom stereocenters. The van der Waals surface area contributed by atoms with Gasteiger partial charge in [-0.3, -0.25) is 0 Å². The van der Waals surface area contributed by atoms with Gasteiger partial charge in [0, 0.05) is 0 Å². The highest BCUT2D eigenvalue weighted by Crippen LogP contribution is 2.29. The normalized spacial score (nSPS) is 21.8. The first-order valence-electron chi connectivity index (χ1n) is 5.42. The van der Waals surface area contributed by atoms with Crippen LogP contribution < -0.4 is 5.73 Å². The Balaban J connectivity index is 0.000000921. The summed E-state index contributed by atoms with van der Waals surface area (Å²) in [6, 6.07) is -1.64. The van der Waals surface area contributed by atoms with Crippen LogP contribution in [0.15, 0.2) is 0 Å². The molecule has 1 saturated heterocycles. The zero-order valence-corrected chi connectivity index (χ0v) is 9.64. The summed E-state index contributed by atoms with van der Waals surface area (Å²) in [5, 5.41) is 0. The molecule has 92 valence electrons. The lowest BCUT2D eigenvalue weighted by molar-refractivity contribution is -0.162. The maximum Gasteiger partial charge on any atom is 0.403 e. The average molecular weight is 226 g/mol. The van der Waals surface area contributed by atoms with E-state index in [2.05, 4.69) is 0 Å². The topological polar surface area (TPSA) is 29.3 Å². The Hall–Kier alpha value is -0.290. The van der Waals surface area contributed by atoms with E-state index in [1.54, 1.807) is 0 Å². The largest absolute Gasteiger partial charge is 0.403 e. The minimum Gasteiger partial charge on any atom is -0.320 e. The van der Waals surface area contributed by atoms with Gasteiger partial charge in [0.05, 0.1) is 0 Å². The van der Waals surface area contributed by atoms with Gasteiger partial charge in [0.25, 0.3) is 0 Å². The molecule has 1 rings (SSSR count). The van der Waals surface area contributed by atoms with Crippen LogP contribution in [0.5, 0.6) is 0 Å². The van der Waals surface area contributed by atoms with Crippen LogP contribution in [0.25, 0.3) is 0 Å². The maximum atomic E-state index is 12.2. The Labute approximate surface area is 89.6 Å². The van der Waals surface area contributed by atoms with Crippen LogP contribution in [0.3, 0.4) is 0 Å². The predicted molar refractivity (Wildman–Crippen MR) is 55.6 cm³/mol. The summed E-state index contributed by atoms with van der Waals surface area (Å²) in [4.78, 5) is 2.03. The Morgan fingerprint density at radius 1 is 1.20 bits per heavy atom. The van der Waals surface area contributed by atoms with E-state index in [9.17, 15) is 13.2 Å². The molecule has 0 spiro atoms. The van der Waals surface area contributed by atoms with Crippen LogP contribution in [0, 0.1) is 5.92 Å². The number of likely N-dealkylation sites (tertiary alicyclic amines) is 1. The molecule has 0 aliphatic carbocycles. The summed E-state index contributed by atoms with van der Waals surface area (Å²) in [6.07, 6.45) is -3.13. The van der Waals surface area contributed by atoms with Gasteiger partial charge >= 0.3 is 6.18 Å². The van der Waals surface area contributed by atoms with E-state index in [1.165, 1.54) is 0 Å². The molecule has 1 aliphatic rings. The number of hydrogen-bond acceptors (Lipinski definition) is 2. The van der Waals surface area contributed by atoms with Gasteiger partial charge in [-0.1, -0.05) is 13.8 Å². The molecule has 1 unspecified atom stereocenters. The second-order valence-electron chi connectivity index (χ2n) is 3.71. The van der Waals surface area contributed by atoms with Crippen molar-refractivity contribution in [3.05, 3.63) is 0 Å². The summed E-state index contributed by atoms with van der Waals surface area (Å²) in [7, 11) is 1.91. The molecule has 0 bridgehead atoms. The smallest absolute Gasteiger partial charge is 0.320 e. The number of nitrogens with zero attached hydrogens (tertiary/aromatic N) is 1. The quantitative estimate of drug-likeness (QED) is 0.743. The van der Waals surface area contributed by atoms with Crippen LogP contribution in [-0.2, 0) is 0 Å². The average Bonchev–Trinajstić information content (AvgIpc) is 2.20. The van der Waals surface area contributed by atoms with Crippen LogP contribution in [0.2, 0.25) is 0 Å². The maximum absolute atomic E-state index is 12.2. The number of halogens is 3. The minimum absolute atomic E-state index is 0.392. The van der Waals surface area contributed by atoms with E-state index < -0.39 is 18.1 Å². The molecule has 5 heteroatoms. The second kappa shape index (κ2) is 6.33. The van der Waals surface area contributed by atoms with Crippen LogP contribution in [0.4, 0.5) is 13.2 Å². The molecule has 1 aliphatic heterocycles. The van der Waals surface area contributed by atoms with Crippen LogP contribution >= 0.6 is 0 Å². The van der Waals surface area contributed by atoms with Gasteiger partial charge in [0.1, 0.15) is 6.04 Å². The van der Waals surface area contributed by atoms with Gasteiger partial charge in [-0.25, -0.2) is 0 Å². The molecule has 2 nitrogen and oxygen atoms in total. The molecule has 0 aromatic carbocycles. The van der Waals surface area contributed by atoms with Crippen molar-refractivity contribution in [3.8, 4) is 0 Å². The number of nitrogens with two attached hydrogens (primary N) is 1. The van der Waals surface area contributed by atoms with Gasteiger partial charge in [-0.05, 0) is 38.9 Å². The predicted octanol–water partition coefficient (Wildman–Crippen LogP) is 2.24. The molecular formula is C10H21F3N2. The van der Waals surface area contributed by atoms with Gasteiger partial charge in [0.2, 0.25) is 0 Å². The van der Waals surface area contributed by atoms with E-state index in [0.717, 1.165) is 0 Å². The fraction of sp³-hybridized carbons (Fsp3) is 1.00. The van der Waals surface area contributed by atoms with Gasteiger partial charge < -0.3 is 10.6 Å². The zero-order chi connectivity index (χ0) is 12.1. The molecule has 0 amide bonds. The first kappa shape index (κ1) is 14.7. The molecule has 15 heavy (non-hydrogen) atoms. The lowest BCUT2D eigenvalue weighted by Crippen LogP contribution is -2.47. The SMILES string of the molecule is CC.CN1CCC(C(N)C(F)(F)F)CC1. The van der Waals surface area contributed by atoms with Crippen molar-refractivity contribution >= 4 is 0 Å². The fourth-order valence-corrected chi connectivity index (χ4v) is 1.65. The summed E-state index contributed by atoms with van der Waals surface area (Å²) in [5.41, 5.74) is 5.13. The number of rotatable bonds is 1. The number of alkyl halides is 3. The molecule has 1 fully saturated rings. The molecule has 0 aromatic rings. The Bertz CT molecular complexity index is 163. The van der Waals surface area contributed by atoms with Crippen LogP contribution in [-0.4, -0.2) is 37.3 Å². The standard InChI is InChI=1S/C8H15F3N2.C2H6/c1-13-4-2-6(3-5-13)7(12)8(9,10)11;1-2/h6-7H,2-5,12H2,1H3;1-2H3. The third-order valence-electron chi connectivity index (χ3n) is 2.65. The van der Waals surface area contributed by atoms with Gasteiger partial charge in [0.15, 0.2) is 0 Å². The van der Waals surface area contributed by atoms with E-state index in [4.69, 9.17) is 5.73 Å². The lowest BCUT2D eigenvalue weighted by atomic mass is 9.90. The molecule has 0 aromatic heterocycles. The highest BCUT2D eigenvalue weighted by molar-refractivity contribution is 4.83. The highest BCUT2D eigenvalue weighted by atomic mass is 19.4. The van der Waals surface area contributed by atoms with Gasteiger partial charge in [-0.15, -0.1) is 0 Å². The highest BCUT2D eigenvalue weighted by Gasteiger charge is 2.42. The molecular weight excluding hydrogens is 205 g/mol. The van der Waals surface area contributed by atoms with Crippen molar-refractivity contribution in [2.24, 2.45) is 11.7 Å². The van der Waals surface area contributed by atoms with E-state index in [0.29, 0.717) is 25.9 Å². The summed E-state index contributed by atoms with van der Waals surface area (Å²) >= 11 is 0. The van der Waals surface area contributed by atoms with Crippen molar-refractivity contribution in [1.29, 1.82) is 0 Å². The first-order valence-corrected chi connectivity index (χ1v) is 5.42. The summed E-state index contributed by atoms with van der Waals surface area (Å²) < 4.78 is 36.6. The Morgan fingerprint density at radius 3 is 1.93 bits per heavy atom. The van der Waals surface area contributed by atoms with Crippen molar-refractivity contribution in [3.63, 3.8) is 0 Å². The molecule has 2 N–H and O–H groups in total. The molecule has 0 saturated carbocycles. The molecule has 0 radical (unpaired) electrons. The Kier molecular flexibility index (Phi) is 6.20. The van der Waals surface area contributed by atoms with E-state index >= 15 is 0 Å². The van der Waals surface area contributed by atoms with Crippen molar-refractivity contribution in [2.75, 3.05) is 20.1 Å². The van der Waals surface area contributed by atoms with Crippen molar-refractivity contribution in [2.45, 2.75) is 38.9 Å². The van der Waals surface area contributed by atoms with Gasteiger partial charge in [-0.2, -0.15) is 13.2 Å². The summed E-state index contributed by atoms with van der Waals surface area (Å²) in [5.74, 6) is -0.392. The fourth-order valence-electron chi connectivity index (χ4n) is 1.65. The first-order chi connectivity index (χ1) is 6.91. The lowest BCUT2D eigenvalue weighted by Gasteiger charge is -2.33. The van der Waals surface area contributed by atoms with E-state index in [-0.39, 0.29) is 0 Å². The minimum atomic E-state index is -4.24. The van der Waals surface area contributed by atoms with Crippen molar-refractivity contribution < 1.29 is 13.2 Å². The Morgan fingerprint density at radius 2 is 1.60 bits per heavy atom. The van der Waals surface area contributed by atoms with E-state index in [1.807, 2.05) is 25.8 Å². The second-order valence-corrected chi connectivity index (χ2v) is 3.71. The van der Waals surface area contributed by atoms with Crippen LogP contribution in [0.1, 0.15) is 26.7 Å². The van der Waals surface area contributed by atoms with Crippen molar-refractivity contribution in [1.82, 2.24) is 4.90 Å². The monoisotopic (exact) mass is 226 g/mol. The zero-order valence-electron chi connectivity index (χ0n) is 9.64. The molecule has 1 heterocycles. The number of piperidine rings is 1. The number of hydrogen-bond donors (Lipinski definition) is 1. The summed E-state index contributed by atoms with van der Waals surface area (Å²) in [6.45, 7) is 5.43. The third-order valence-corrected chi connectivity index (χ3v) is 2.65. The third kappa shape index (κ3) is 4.84.